The van der Waals surface area contributed by atoms with Gasteiger partial charge in [0.2, 0.25) is 41.4 Å². The average molecular weight is 726 g/mol. The van der Waals surface area contributed by atoms with Crippen LogP contribution in [0.15, 0.2) is 0 Å². The minimum absolute atomic E-state index is 0.108. The van der Waals surface area contributed by atoms with Crippen LogP contribution in [0.5, 0.6) is 0 Å². The van der Waals surface area contributed by atoms with Crippen LogP contribution in [-0.2, 0) is 33.6 Å². The van der Waals surface area contributed by atoms with Gasteiger partial charge in [0.1, 0.15) is 0 Å². The molecule has 14 heteroatoms. The third-order valence-corrected chi connectivity index (χ3v) is 13.2. The van der Waals surface area contributed by atoms with Gasteiger partial charge >= 0.3 is 0 Å². The van der Waals surface area contributed by atoms with Gasteiger partial charge in [0.15, 0.2) is 0 Å². The second-order valence-corrected chi connectivity index (χ2v) is 16.5. The lowest BCUT2D eigenvalue weighted by Gasteiger charge is -2.29. The molecular formula is C38H59N7O7. The molecule has 0 radical (unpaired) electrons. The summed E-state index contributed by atoms with van der Waals surface area (Å²) in [5.74, 6) is -3.39. The van der Waals surface area contributed by atoms with E-state index in [4.69, 9.17) is 5.73 Å². The van der Waals surface area contributed by atoms with E-state index in [1.807, 2.05) is 0 Å². The zero-order chi connectivity index (χ0) is 36.9. The van der Waals surface area contributed by atoms with Crippen molar-refractivity contribution in [2.24, 2.45) is 41.2 Å². The summed E-state index contributed by atoms with van der Waals surface area (Å²) in [5.41, 5.74) is 5.56. The Morgan fingerprint density at radius 2 is 0.558 bits per heavy atom. The van der Waals surface area contributed by atoms with E-state index in [0.717, 1.165) is 51.4 Å². The van der Waals surface area contributed by atoms with E-state index in [-0.39, 0.29) is 101 Å². The zero-order valence-corrected chi connectivity index (χ0v) is 30.6. The van der Waals surface area contributed by atoms with Crippen molar-refractivity contribution in [1.29, 1.82) is 0 Å². The monoisotopic (exact) mass is 725 g/mol. The normalized spacial score (nSPS) is 36.9. The highest BCUT2D eigenvalue weighted by Gasteiger charge is 2.44. The first-order valence-electron chi connectivity index (χ1n) is 20.1. The molecule has 0 spiro atoms. The number of carbonyl (C=O) groups excluding carboxylic acids is 7. The summed E-state index contributed by atoms with van der Waals surface area (Å²) in [7, 11) is 0. The van der Waals surface area contributed by atoms with Gasteiger partial charge in [0, 0.05) is 43.2 Å². The molecule has 6 saturated carbocycles. The zero-order valence-electron chi connectivity index (χ0n) is 30.6. The fourth-order valence-corrected chi connectivity index (χ4v) is 10.4. The van der Waals surface area contributed by atoms with E-state index in [0.29, 0.717) is 64.2 Å². The molecule has 6 aliphatic rings. The quantitative estimate of drug-likeness (QED) is 0.156. The molecule has 0 saturated heterocycles. The molecule has 0 bridgehead atoms. The molecule has 0 aromatic heterocycles. The lowest BCUT2D eigenvalue weighted by Crippen LogP contribution is -2.53. The van der Waals surface area contributed by atoms with Crippen LogP contribution in [0, 0.1) is 35.5 Å². The Morgan fingerprint density at radius 3 is 0.788 bits per heavy atom. The van der Waals surface area contributed by atoms with Gasteiger partial charge in [-0.25, -0.2) is 0 Å². The molecule has 8 N–H and O–H groups in total. The number of primary amides is 1. The standard InChI is InChI=1S/C38H59N7O7/c1-20(46)40-28-15-3-9-22(28)34(48)42-30-17-5-11-24(30)36(50)44-32-19-7-13-26(32)38(52)45-31-18-6-12-25(31)37(51)43-29-16-4-10-23(29)35(49)41-27-14-2-8-21(27)33(39)47/h21-32H,2-19H2,1H3,(H2,39,47)(H,40,46)(H,41,49)(H,42,48)(H,43,51)(H,44,50)(H,45,52)/t21-,22+,23+,24-,25-,26+,27+,28-,29-,30+,31+,32-/m0/s1. The first-order valence-corrected chi connectivity index (χ1v) is 20.1. The first kappa shape index (κ1) is 38.0. The van der Waals surface area contributed by atoms with Crippen LogP contribution in [0.1, 0.15) is 122 Å². The van der Waals surface area contributed by atoms with Crippen molar-refractivity contribution >= 4 is 41.4 Å². The van der Waals surface area contributed by atoms with Crippen molar-refractivity contribution in [3.05, 3.63) is 0 Å². The fraction of sp³-hybridized carbons (Fsp3) is 0.816. The van der Waals surface area contributed by atoms with E-state index in [9.17, 15) is 33.6 Å². The maximum atomic E-state index is 13.7. The summed E-state index contributed by atoms with van der Waals surface area (Å²) >= 11 is 0. The first-order chi connectivity index (χ1) is 25.0. The molecule has 6 fully saturated rings. The predicted molar refractivity (Wildman–Crippen MR) is 190 cm³/mol. The third kappa shape index (κ3) is 8.73. The maximum Gasteiger partial charge on any atom is 0.225 e. The minimum atomic E-state index is -0.401. The number of nitrogens with two attached hydrogens (primary N) is 1. The summed E-state index contributed by atoms with van der Waals surface area (Å²) in [6.07, 6.45) is 13.3. The minimum Gasteiger partial charge on any atom is -0.369 e. The molecule has 14 nitrogen and oxygen atoms in total. The van der Waals surface area contributed by atoms with Gasteiger partial charge in [-0.15, -0.1) is 0 Å². The van der Waals surface area contributed by atoms with Gasteiger partial charge in [0.05, 0.1) is 35.5 Å². The predicted octanol–water partition coefficient (Wildman–Crippen LogP) is 1.20. The highest BCUT2D eigenvalue weighted by molar-refractivity contribution is 5.87. The summed E-state index contributed by atoms with van der Waals surface area (Å²) in [6.45, 7) is 1.46. The fourth-order valence-electron chi connectivity index (χ4n) is 10.4. The molecule has 6 aliphatic carbocycles. The van der Waals surface area contributed by atoms with Crippen LogP contribution in [0.3, 0.4) is 0 Å². The van der Waals surface area contributed by atoms with Crippen LogP contribution in [0.25, 0.3) is 0 Å². The Labute approximate surface area is 306 Å². The number of nitrogens with one attached hydrogen (secondary N) is 6. The second kappa shape index (κ2) is 17.0. The van der Waals surface area contributed by atoms with Crippen molar-refractivity contribution in [3.8, 4) is 0 Å². The highest BCUT2D eigenvalue weighted by atomic mass is 16.2. The molecule has 0 aliphatic heterocycles. The van der Waals surface area contributed by atoms with Crippen LogP contribution in [0.4, 0.5) is 0 Å². The van der Waals surface area contributed by atoms with Gasteiger partial charge < -0.3 is 37.6 Å². The molecule has 0 aromatic rings. The summed E-state index contributed by atoms with van der Waals surface area (Å²) in [5, 5.41) is 18.6. The molecule has 288 valence electrons. The molecule has 6 rings (SSSR count). The van der Waals surface area contributed by atoms with Gasteiger partial charge in [-0.1, -0.05) is 38.5 Å². The van der Waals surface area contributed by atoms with Crippen molar-refractivity contribution in [3.63, 3.8) is 0 Å². The lowest BCUT2D eigenvalue weighted by molar-refractivity contribution is -0.131. The van der Waals surface area contributed by atoms with Crippen LogP contribution in [-0.4, -0.2) is 77.6 Å². The average Bonchev–Trinajstić information content (AvgIpc) is 3.93. The Hall–Kier alpha value is -3.71. The molecule has 0 unspecified atom stereocenters. The Bertz CT molecular complexity index is 1390. The van der Waals surface area contributed by atoms with E-state index in [1.165, 1.54) is 6.92 Å². The van der Waals surface area contributed by atoms with Crippen molar-refractivity contribution in [2.45, 2.75) is 159 Å². The van der Waals surface area contributed by atoms with E-state index in [2.05, 4.69) is 31.9 Å². The van der Waals surface area contributed by atoms with Crippen LogP contribution in [0.2, 0.25) is 0 Å². The summed E-state index contributed by atoms with van der Waals surface area (Å²) < 4.78 is 0. The molecule has 12 atom stereocenters. The van der Waals surface area contributed by atoms with Gasteiger partial charge in [-0.2, -0.15) is 0 Å². The number of hydrogen-bond acceptors (Lipinski definition) is 7. The lowest BCUT2D eigenvalue weighted by atomic mass is 9.95. The number of amides is 7. The summed E-state index contributed by atoms with van der Waals surface area (Å²) in [6, 6.07) is -1.65. The van der Waals surface area contributed by atoms with E-state index in [1.54, 1.807) is 0 Å². The van der Waals surface area contributed by atoms with Gasteiger partial charge in [-0.05, 0) is 77.0 Å². The van der Waals surface area contributed by atoms with E-state index >= 15 is 0 Å². The van der Waals surface area contributed by atoms with Crippen molar-refractivity contribution in [1.82, 2.24) is 31.9 Å². The van der Waals surface area contributed by atoms with Gasteiger partial charge in [0.25, 0.3) is 0 Å². The topological polar surface area (TPSA) is 218 Å². The smallest absolute Gasteiger partial charge is 0.225 e. The maximum absolute atomic E-state index is 13.7. The molecule has 0 aromatic carbocycles. The highest BCUT2D eigenvalue weighted by Crippen LogP contribution is 2.34. The van der Waals surface area contributed by atoms with Gasteiger partial charge in [-0.3, -0.25) is 33.6 Å². The summed E-state index contributed by atoms with van der Waals surface area (Å²) in [4.78, 5) is 90.9. The van der Waals surface area contributed by atoms with Crippen LogP contribution >= 0.6 is 0 Å². The molecular weight excluding hydrogens is 666 g/mol. The largest absolute Gasteiger partial charge is 0.369 e. The number of rotatable bonds is 12. The molecule has 7 amide bonds. The van der Waals surface area contributed by atoms with Crippen molar-refractivity contribution in [2.75, 3.05) is 0 Å². The second-order valence-electron chi connectivity index (χ2n) is 16.5. The van der Waals surface area contributed by atoms with E-state index < -0.39 is 11.8 Å². The number of carbonyl (C=O) groups is 7. The molecule has 52 heavy (non-hydrogen) atoms. The van der Waals surface area contributed by atoms with Crippen molar-refractivity contribution < 1.29 is 33.6 Å². The van der Waals surface area contributed by atoms with Crippen LogP contribution < -0.4 is 37.6 Å². The Kier molecular flexibility index (Phi) is 12.4. The molecule has 0 heterocycles. The third-order valence-electron chi connectivity index (χ3n) is 13.2. The Morgan fingerprint density at radius 1 is 0.346 bits per heavy atom. The Balaban J connectivity index is 0.987. The number of hydrogen-bond donors (Lipinski definition) is 7. The SMILES string of the molecule is CC(=O)N[C@H]1CCC[C@H]1C(=O)N[C@@H]1CCC[C@@H]1C(=O)N[C@H]1CCC[C@H]1C(=O)N[C@@H]1CCC[C@@H]1C(=O)N[C@H]1CCC[C@H]1C(=O)N[C@@H]1CCC[C@@H]1C(N)=O.